The highest BCUT2D eigenvalue weighted by Crippen LogP contribution is 2.29. The van der Waals surface area contributed by atoms with E-state index < -0.39 is 0 Å². The lowest BCUT2D eigenvalue weighted by atomic mass is 9.95. The van der Waals surface area contributed by atoms with Crippen LogP contribution in [0, 0.1) is 6.92 Å². The van der Waals surface area contributed by atoms with Crippen molar-refractivity contribution < 1.29 is 0 Å². The molecule has 0 bridgehead atoms. The fourth-order valence-corrected chi connectivity index (χ4v) is 3.63. The van der Waals surface area contributed by atoms with Crippen LogP contribution in [0.15, 0.2) is 17.5 Å². The molecule has 1 atom stereocenters. The maximum Gasteiger partial charge on any atom is 0.110 e. The van der Waals surface area contributed by atoms with Gasteiger partial charge in [-0.25, -0.2) is 4.98 Å². The van der Waals surface area contributed by atoms with Crippen molar-refractivity contribution in [1.82, 2.24) is 10.3 Å². The molecule has 2 aromatic rings. The molecule has 0 aliphatic carbocycles. The molecule has 0 fully saturated rings. The van der Waals surface area contributed by atoms with Crippen molar-refractivity contribution >= 4 is 22.7 Å². The van der Waals surface area contributed by atoms with Crippen molar-refractivity contribution in [2.75, 3.05) is 0 Å². The van der Waals surface area contributed by atoms with E-state index in [0.717, 1.165) is 12.2 Å². The predicted molar refractivity (Wildman–Crippen MR) is 85.1 cm³/mol. The Morgan fingerprint density at radius 2 is 2.05 bits per heavy atom. The summed E-state index contributed by atoms with van der Waals surface area (Å²) in [5, 5.41) is 6.83. The van der Waals surface area contributed by atoms with Crippen LogP contribution in [0.2, 0.25) is 0 Å². The molecule has 0 radical (unpaired) electrons. The van der Waals surface area contributed by atoms with Crippen LogP contribution >= 0.6 is 22.7 Å². The molecule has 0 amide bonds. The zero-order valence-corrected chi connectivity index (χ0v) is 13.9. The number of aryl methyl sites for hydroxylation is 1. The first-order chi connectivity index (χ1) is 8.86. The number of nitrogens with zero attached hydrogens (tertiary/aromatic N) is 1. The second-order valence-electron chi connectivity index (χ2n) is 5.95. The van der Waals surface area contributed by atoms with E-state index in [0.29, 0.717) is 6.04 Å². The summed E-state index contributed by atoms with van der Waals surface area (Å²) in [4.78, 5) is 7.37. The van der Waals surface area contributed by atoms with E-state index in [2.05, 4.69) is 55.5 Å². The summed E-state index contributed by atoms with van der Waals surface area (Å²) in [7, 11) is 0. The molecular formula is C15H22N2S2. The minimum Gasteiger partial charge on any atom is -0.303 e. The van der Waals surface area contributed by atoms with Gasteiger partial charge in [0, 0.05) is 27.4 Å². The van der Waals surface area contributed by atoms with Crippen LogP contribution in [-0.2, 0) is 12.0 Å². The highest BCUT2D eigenvalue weighted by atomic mass is 32.1. The number of aromatic nitrogens is 1. The van der Waals surface area contributed by atoms with E-state index in [4.69, 9.17) is 0 Å². The van der Waals surface area contributed by atoms with Crippen LogP contribution in [0.4, 0.5) is 0 Å². The van der Waals surface area contributed by atoms with Gasteiger partial charge in [-0.15, -0.1) is 22.7 Å². The second-order valence-corrected chi connectivity index (χ2v) is 8.00. The number of thiazole rings is 1. The Morgan fingerprint density at radius 3 is 2.58 bits per heavy atom. The topological polar surface area (TPSA) is 24.9 Å². The van der Waals surface area contributed by atoms with E-state index in [1.807, 2.05) is 18.3 Å². The van der Waals surface area contributed by atoms with E-state index >= 15 is 0 Å². The Morgan fingerprint density at radius 1 is 1.32 bits per heavy atom. The normalized spacial score (nSPS) is 13.7. The maximum absolute atomic E-state index is 4.53. The van der Waals surface area contributed by atoms with Crippen LogP contribution in [-0.4, -0.2) is 4.98 Å². The van der Waals surface area contributed by atoms with Crippen LogP contribution < -0.4 is 5.32 Å². The van der Waals surface area contributed by atoms with Crippen molar-refractivity contribution in [3.05, 3.63) is 38.0 Å². The predicted octanol–water partition coefficient (Wildman–Crippen LogP) is 4.66. The number of hydrogen-bond donors (Lipinski definition) is 1. The Bertz CT molecular complexity index is 534. The summed E-state index contributed by atoms with van der Waals surface area (Å²) in [6.45, 7) is 11.9. The van der Waals surface area contributed by atoms with Gasteiger partial charge in [-0.2, -0.15) is 0 Å². The molecular weight excluding hydrogens is 272 g/mol. The van der Waals surface area contributed by atoms with Gasteiger partial charge in [-0.05, 0) is 31.4 Å². The van der Waals surface area contributed by atoms with Crippen molar-refractivity contribution in [2.45, 2.75) is 52.6 Å². The highest BCUT2D eigenvalue weighted by molar-refractivity contribution is 7.12. The molecule has 0 aliphatic heterocycles. The first-order valence-corrected chi connectivity index (χ1v) is 8.30. The van der Waals surface area contributed by atoms with E-state index in [9.17, 15) is 0 Å². The van der Waals surface area contributed by atoms with Gasteiger partial charge in [-0.3, -0.25) is 0 Å². The fraction of sp³-hybridized carbons (Fsp3) is 0.533. The summed E-state index contributed by atoms with van der Waals surface area (Å²) in [5.41, 5.74) is 1.36. The monoisotopic (exact) mass is 294 g/mol. The first-order valence-electron chi connectivity index (χ1n) is 6.61. The number of nitrogens with one attached hydrogen (secondary N) is 1. The molecule has 19 heavy (non-hydrogen) atoms. The lowest BCUT2D eigenvalue weighted by Gasteiger charge is -2.15. The van der Waals surface area contributed by atoms with Gasteiger partial charge >= 0.3 is 0 Å². The van der Waals surface area contributed by atoms with Crippen molar-refractivity contribution in [3.63, 3.8) is 0 Å². The summed E-state index contributed by atoms with van der Waals surface area (Å²) in [6.07, 6.45) is 0. The Hall–Kier alpha value is -0.710. The Balaban J connectivity index is 1.94. The minimum atomic E-state index is 0.251. The molecule has 2 heterocycles. The molecule has 0 saturated carbocycles. The molecule has 4 heteroatoms. The minimum absolute atomic E-state index is 0.251. The van der Waals surface area contributed by atoms with Gasteiger partial charge in [0.25, 0.3) is 0 Å². The fourth-order valence-electron chi connectivity index (χ4n) is 1.79. The summed E-state index contributed by atoms with van der Waals surface area (Å²) >= 11 is 3.63. The van der Waals surface area contributed by atoms with Crippen LogP contribution in [0.1, 0.15) is 54.2 Å². The van der Waals surface area contributed by atoms with Crippen LogP contribution in [0.5, 0.6) is 0 Å². The second kappa shape index (κ2) is 5.73. The third-order valence-electron chi connectivity index (χ3n) is 2.99. The van der Waals surface area contributed by atoms with E-state index in [1.54, 1.807) is 11.3 Å². The van der Waals surface area contributed by atoms with Gasteiger partial charge < -0.3 is 5.32 Å². The molecule has 1 N–H and O–H groups in total. The summed E-state index contributed by atoms with van der Waals surface area (Å²) in [5.74, 6) is 0. The molecule has 0 saturated heterocycles. The SMILES string of the molecule is Cc1csc(C(C)NCc2ccc(C(C)(C)C)s2)n1. The van der Waals surface area contributed by atoms with Crippen molar-refractivity contribution in [1.29, 1.82) is 0 Å². The number of hydrogen-bond acceptors (Lipinski definition) is 4. The average molecular weight is 294 g/mol. The quantitative estimate of drug-likeness (QED) is 0.887. The summed E-state index contributed by atoms with van der Waals surface area (Å²) < 4.78 is 0. The zero-order valence-electron chi connectivity index (χ0n) is 12.3. The smallest absolute Gasteiger partial charge is 0.110 e. The largest absolute Gasteiger partial charge is 0.303 e. The molecule has 0 aliphatic rings. The molecule has 104 valence electrons. The number of rotatable bonds is 4. The zero-order chi connectivity index (χ0) is 14.0. The van der Waals surface area contributed by atoms with Crippen molar-refractivity contribution in [2.24, 2.45) is 0 Å². The molecule has 0 spiro atoms. The van der Waals surface area contributed by atoms with Gasteiger partial charge in [0.15, 0.2) is 0 Å². The van der Waals surface area contributed by atoms with Gasteiger partial charge in [0.1, 0.15) is 5.01 Å². The molecule has 2 nitrogen and oxygen atoms in total. The third-order valence-corrected chi connectivity index (χ3v) is 5.65. The molecule has 2 rings (SSSR count). The highest BCUT2D eigenvalue weighted by Gasteiger charge is 2.16. The Kier molecular flexibility index (Phi) is 4.43. The Labute approximate surface area is 123 Å². The molecule has 2 aromatic heterocycles. The summed E-state index contributed by atoms with van der Waals surface area (Å²) in [6, 6.07) is 4.80. The third kappa shape index (κ3) is 3.88. The average Bonchev–Trinajstić information content (AvgIpc) is 2.93. The lowest BCUT2D eigenvalue weighted by Crippen LogP contribution is -2.17. The van der Waals surface area contributed by atoms with Crippen molar-refractivity contribution in [3.8, 4) is 0 Å². The first kappa shape index (κ1) is 14.7. The van der Waals surface area contributed by atoms with Crippen LogP contribution in [0.3, 0.4) is 0 Å². The van der Waals surface area contributed by atoms with Gasteiger partial charge in [0.2, 0.25) is 0 Å². The molecule has 1 unspecified atom stereocenters. The van der Waals surface area contributed by atoms with E-state index in [-0.39, 0.29) is 5.41 Å². The van der Waals surface area contributed by atoms with Gasteiger partial charge in [-0.1, -0.05) is 20.8 Å². The molecule has 0 aromatic carbocycles. The number of thiophene rings is 1. The standard InChI is InChI=1S/C15H22N2S2/c1-10-9-18-14(17-10)11(2)16-8-12-6-7-13(19-12)15(3,4)5/h6-7,9,11,16H,8H2,1-5H3. The van der Waals surface area contributed by atoms with Gasteiger partial charge in [0.05, 0.1) is 6.04 Å². The van der Waals surface area contributed by atoms with Crippen LogP contribution in [0.25, 0.3) is 0 Å². The maximum atomic E-state index is 4.53. The van der Waals surface area contributed by atoms with E-state index in [1.165, 1.54) is 14.8 Å². The lowest BCUT2D eigenvalue weighted by molar-refractivity contribution is 0.575.